The maximum Gasteiger partial charge on any atom is 0.349 e. The Kier molecular flexibility index (Phi) is 5.42. The number of amides is 1. The summed E-state index contributed by atoms with van der Waals surface area (Å²) in [6, 6.07) is 9.34. The summed E-state index contributed by atoms with van der Waals surface area (Å²) in [5, 5.41) is 3.32. The average molecular weight is 426 g/mol. The zero-order chi connectivity index (χ0) is 21.4. The summed E-state index contributed by atoms with van der Waals surface area (Å²) in [4.78, 5) is 43.4. The van der Waals surface area contributed by atoms with E-state index in [1.54, 1.807) is 11.5 Å². The van der Waals surface area contributed by atoms with E-state index in [1.807, 2.05) is 37.3 Å². The molecule has 1 aromatic carbocycles. The number of hydrogen-bond donors (Lipinski definition) is 1. The lowest BCUT2D eigenvalue weighted by atomic mass is 10.1. The van der Waals surface area contributed by atoms with Crippen LogP contribution in [0.1, 0.15) is 52.9 Å². The van der Waals surface area contributed by atoms with E-state index in [1.165, 1.54) is 6.92 Å². The van der Waals surface area contributed by atoms with Gasteiger partial charge in [0, 0.05) is 13.0 Å². The van der Waals surface area contributed by atoms with E-state index in [0.29, 0.717) is 27.2 Å². The number of benzene rings is 1. The molecule has 4 rings (SSSR count). The van der Waals surface area contributed by atoms with Crippen LogP contribution in [0.2, 0.25) is 0 Å². The highest BCUT2D eigenvalue weighted by Crippen LogP contribution is 2.29. The molecule has 0 bridgehead atoms. The van der Waals surface area contributed by atoms with Crippen molar-refractivity contribution in [3.05, 3.63) is 62.5 Å². The number of rotatable bonds is 5. The number of carbonyl (C=O) groups is 2. The maximum absolute atomic E-state index is 12.8. The maximum atomic E-state index is 12.8. The molecule has 2 aromatic heterocycles. The third-order valence-corrected chi connectivity index (χ3v) is 6.57. The zero-order valence-corrected chi connectivity index (χ0v) is 17.9. The van der Waals surface area contributed by atoms with Crippen molar-refractivity contribution in [1.29, 1.82) is 0 Å². The molecular formula is C22H23N3O4S. The molecule has 0 spiro atoms. The first-order valence-corrected chi connectivity index (χ1v) is 10.8. The standard InChI is InChI=1S/C22H23N3O4S/c1-12-17-20(24-16-10-7-11-25(16)21(17)27)30-18(12)22(28)29-14(3)19(26)23-13(2)15-8-5-4-6-9-15/h4-6,8-9,13-14H,7,10-11H2,1-3H3,(H,23,26)/t13-,14+/m1/s1. The van der Waals surface area contributed by atoms with Gasteiger partial charge in [0.25, 0.3) is 11.5 Å². The van der Waals surface area contributed by atoms with Crippen LogP contribution in [0.5, 0.6) is 0 Å². The summed E-state index contributed by atoms with van der Waals surface area (Å²) < 4.78 is 7.09. The van der Waals surface area contributed by atoms with Crippen LogP contribution in [0.4, 0.5) is 0 Å². The lowest BCUT2D eigenvalue weighted by molar-refractivity contribution is -0.129. The van der Waals surface area contributed by atoms with Gasteiger partial charge in [-0.25, -0.2) is 9.78 Å². The SMILES string of the molecule is Cc1c(C(=O)O[C@@H](C)C(=O)N[C@H](C)c2ccccc2)sc2nc3n(c(=O)c12)CCC3. The summed E-state index contributed by atoms with van der Waals surface area (Å²) in [6.45, 7) is 5.79. The van der Waals surface area contributed by atoms with Crippen molar-refractivity contribution >= 4 is 33.4 Å². The fourth-order valence-corrected chi connectivity index (χ4v) is 4.77. The van der Waals surface area contributed by atoms with E-state index in [9.17, 15) is 14.4 Å². The highest BCUT2D eigenvalue weighted by molar-refractivity contribution is 7.20. The second kappa shape index (κ2) is 8.02. The van der Waals surface area contributed by atoms with Crippen LogP contribution in [-0.4, -0.2) is 27.5 Å². The van der Waals surface area contributed by atoms with E-state index < -0.39 is 12.1 Å². The number of carbonyl (C=O) groups excluding carboxylic acids is 2. The molecule has 0 saturated carbocycles. The van der Waals surface area contributed by atoms with Crippen molar-refractivity contribution in [2.75, 3.05) is 0 Å². The normalized spacial score (nSPS) is 14.9. The third-order valence-electron chi connectivity index (χ3n) is 5.41. The molecule has 1 N–H and O–H groups in total. The van der Waals surface area contributed by atoms with E-state index >= 15 is 0 Å². The van der Waals surface area contributed by atoms with Gasteiger partial charge in [0.1, 0.15) is 15.5 Å². The Balaban J connectivity index is 1.50. The summed E-state index contributed by atoms with van der Waals surface area (Å²) in [6.07, 6.45) is 0.701. The van der Waals surface area contributed by atoms with Gasteiger partial charge in [0.2, 0.25) is 0 Å². The molecule has 1 amide bonds. The number of esters is 1. The number of hydrogen-bond acceptors (Lipinski definition) is 6. The van der Waals surface area contributed by atoms with Gasteiger partial charge in [-0.15, -0.1) is 11.3 Å². The Bertz CT molecular complexity index is 1180. The fourth-order valence-electron chi connectivity index (χ4n) is 3.69. The number of thiophene rings is 1. The number of aryl methyl sites for hydroxylation is 2. The second-order valence-electron chi connectivity index (χ2n) is 7.51. The lowest BCUT2D eigenvalue weighted by Gasteiger charge is -2.18. The third kappa shape index (κ3) is 3.63. The molecule has 3 heterocycles. The van der Waals surface area contributed by atoms with Gasteiger partial charge in [0.15, 0.2) is 6.10 Å². The van der Waals surface area contributed by atoms with Crippen molar-refractivity contribution in [2.45, 2.75) is 52.3 Å². The van der Waals surface area contributed by atoms with E-state index in [2.05, 4.69) is 10.3 Å². The molecule has 0 fully saturated rings. The number of nitrogens with one attached hydrogen (secondary N) is 1. The van der Waals surface area contributed by atoms with Crippen molar-refractivity contribution in [3.63, 3.8) is 0 Å². The van der Waals surface area contributed by atoms with Crippen LogP contribution in [0.25, 0.3) is 10.2 Å². The zero-order valence-electron chi connectivity index (χ0n) is 17.1. The van der Waals surface area contributed by atoms with Gasteiger partial charge in [-0.2, -0.15) is 0 Å². The van der Waals surface area contributed by atoms with Crippen LogP contribution >= 0.6 is 11.3 Å². The van der Waals surface area contributed by atoms with E-state index in [-0.39, 0.29) is 17.5 Å². The summed E-state index contributed by atoms with van der Waals surface area (Å²) >= 11 is 1.15. The van der Waals surface area contributed by atoms with Crippen molar-refractivity contribution < 1.29 is 14.3 Å². The van der Waals surface area contributed by atoms with Crippen molar-refractivity contribution in [2.24, 2.45) is 0 Å². The number of fused-ring (bicyclic) bond motifs is 2. The Morgan fingerprint density at radius 3 is 2.70 bits per heavy atom. The largest absolute Gasteiger partial charge is 0.448 e. The van der Waals surface area contributed by atoms with Crippen LogP contribution in [0.15, 0.2) is 35.1 Å². The monoisotopic (exact) mass is 425 g/mol. The van der Waals surface area contributed by atoms with Crippen molar-refractivity contribution in [1.82, 2.24) is 14.9 Å². The second-order valence-corrected chi connectivity index (χ2v) is 8.51. The molecular weight excluding hydrogens is 402 g/mol. The van der Waals surface area contributed by atoms with Gasteiger partial charge in [-0.3, -0.25) is 14.2 Å². The molecule has 1 aliphatic heterocycles. The smallest absolute Gasteiger partial charge is 0.349 e. The van der Waals surface area contributed by atoms with Gasteiger partial charge in [0.05, 0.1) is 11.4 Å². The van der Waals surface area contributed by atoms with Crippen LogP contribution in [0.3, 0.4) is 0 Å². The van der Waals surface area contributed by atoms with Gasteiger partial charge in [-0.1, -0.05) is 30.3 Å². The van der Waals surface area contributed by atoms with Gasteiger partial charge in [-0.05, 0) is 38.3 Å². The first-order valence-electron chi connectivity index (χ1n) is 9.96. The Morgan fingerprint density at radius 2 is 1.97 bits per heavy atom. The van der Waals surface area contributed by atoms with Crippen LogP contribution < -0.4 is 10.9 Å². The molecule has 30 heavy (non-hydrogen) atoms. The number of ether oxygens (including phenoxy) is 1. The Morgan fingerprint density at radius 1 is 1.23 bits per heavy atom. The lowest BCUT2D eigenvalue weighted by Crippen LogP contribution is -2.37. The highest BCUT2D eigenvalue weighted by atomic mass is 32.1. The van der Waals surface area contributed by atoms with Crippen LogP contribution in [0, 0.1) is 6.92 Å². The fraction of sp³-hybridized carbons (Fsp3) is 0.364. The summed E-state index contributed by atoms with van der Waals surface area (Å²) in [5.74, 6) is -0.234. The number of nitrogens with zero attached hydrogens (tertiary/aromatic N) is 2. The Labute approximate surface area is 177 Å². The van der Waals surface area contributed by atoms with Crippen LogP contribution in [-0.2, 0) is 22.5 Å². The quantitative estimate of drug-likeness (QED) is 0.634. The molecule has 0 aliphatic carbocycles. The minimum atomic E-state index is -0.965. The Hall–Kier alpha value is -3.00. The average Bonchev–Trinajstić information content (AvgIpc) is 3.33. The predicted octanol–water partition coefficient (Wildman–Crippen LogP) is 3.14. The topological polar surface area (TPSA) is 90.3 Å². The summed E-state index contributed by atoms with van der Waals surface area (Å²) in [7, 11) is 0. The number of aromatic nitrogens is 2. The molecule has 8 heteroatoms. The molecule has 0 saturated heterocycles. The molecule has 0 radical (unpaired) electrons. The van der Waals surface area contributed by atoms with Gasteiger partial charge >= 0.3 is 5.97 Å². The minimum Gasteiger partial charge on any atom is -0.448 e. The molecule has 156 valence electrons. The first kappa shape index (κ1) is 20.3. The van der Waals surface area contributed by atoms with E-state index in [4.69, 9.17) is 4.74 Å². The van der Waals surface area contributed by atoms with Gasteiger partial charge < -0.3 is 10.1 Å². The molecule has 0 unspecified atom stereocenters. The predicted molar refractivity (Wildman–Crippen MR) is 115 cm³/mol. The summed E-state index contributed by atoms with van der Waals surface area (Å²) in [5.41, 5.74) is 1.41. The minimum absolute atomic E-state index is 0.109. The molecule has 7 nitrogen and oxygen atoms in total. The molecule has 2 atom stereocenters. The highest BCUT2D eigenvalue weighted by Gasteiger charge is 2.26. The van der Waals surface area contributed by atoms with E-state index in [0.717, 1.165) is 35.6 Å². The molecule has 1 aliphatic rings. The molecule has 3 aromatic rings. The first-order chi connectivity index (χ1) is 14.4. The van der Waals surface area contributed by atoms with Crippen molar-refractivity contribution in [3.8, 4) is 0 Å².